The first-order chi connectivity index (χ1) is 30.6. The van der Waals surface area contributed by atoms with Gasteiger partial charge in [0, 0.05) is 42.8 Å². The molecule has 0 bridgehead atoms. The Bertz CT molecular complexity index is 3370. The van der Waals surface area contributed by atoms with Crippen molar-refractivity contribution in [2.75, 3.05) is 4.90 Å². The molecule has 1 aliphatic rings. The fraction of sp³-hybridized carbons (Fsp3) is 0.0333. The van der Waals surface area contributed by atoms with Crippen LogP contribution in [0.1, 0.15) is 23.6 Å². The molecule has 292 valence electrons. The van der Waals surface area contributed by atoms with Crippen molar-refractivity contribution in [3.8, 4) is 45.7 Å². The van der Waals surface area contributed by atoms with Crippen molar-refractivity contribution in [1.82, 2.24) is 0 Å². The van der Waals surface area contributed by atoms with Gasteiger partial charge in [0.2, 0.25) is 0 Å². The van der Waals surface area contributed by atoms with Crippen LogP contribution < -0.4 is 4.90 Å². The van der Waals surface area contributed by atoms with Crippen LogP contribution in [-0.4, -0.2) is 0 Å². The Labute approximate surface area is 367 Å². The highest BCUT2D eigenvalue weighted by Gasteiger charge is 2.46. The molecule has 0 N–H and O–H groups in total. The number of rotatable bonds is 8. The van der Waals surface area contributed by atoms with Gasteiger partial charge in [0.1, 0.15) is 0 Å². The topological polar surface area (TPSA) is 3.24 Å². The summed E-state index contributed by atoms with van der Waals surface area (Å²) in [6.07, 6.45) is 11.0. The van der Waals surface area contributed by atoms with Gasteiger partial charge < -0.3 is 4.90 Å². The van der Waals surface area contributed by atoms with Crippen molar-refractivity contribution < 1.29 is 0 Å². The second kappa shape index (κ2) is 15.4. The highest BCUT2D eigenvalue weighted by Crippen LogP contribution is 2.56. The molecule has 1 nitrogen and oxygen atoms in total. The van der Waals surface area contributed by atoms with Crippen molar-refractivity contribution in [2.24, 2.45) is 0 Å². The average molecular weight is 808 g/mol. The fourth-order valence-electron chi connectivity index (χ4n) is 9.68. The third-order valence-corrected chi connectivity index (χ3v) is 13.8. The molecule has 0 radical (unpaired) electrons. The van der Waals surface area contributed by atoms with E-state index < -0.39 is 5.41 Å². The van der Waals surface area contributed by atoms with Crippen LogP contribution in [0.25, 0.3) is 64.3 Å². The zero-order valence-electron chi connectivity index (χ0n) is 34.3. The van der Waals surface area contributed by atoms with Gasteiger partial charge in [-0.1, -0.05) is 170 Å². The number of anilines is 2. The summed E-state index contributed by atoms with van der Waals surface area (Å²) in [4.78, 5) is 2.33. The van der Waals surface area contributed by atoms with E-state index in [2.05, 4.69) is 242 Å². The second-order valence-electron chi connectivity index (χ2n) is 16.0. The first kappa shape index (κ1) is 37.3. The molecule has 2 heteroatoms. The molecular formula is C60H41NS. The third-order valence-electron chi connectivity index (χ3n) is 12.6. The van der Waals surface area contributed by atoms with Gasteiger partial charge in [0.25, 0.3) is 0 Å². The molecule has 9 aromatic carbocycles. The molecule has 0 saturated carbocycles. The maximum absolute atomic E-state index is 6.65. The predicted octanol–water partition coefficient (Wildman–Crippen LogP) is 16.2. The van der Waals surface area contributed by atoms with Crippen molar-refractivity contribution in [3.05, 3.63) is 252 Å². The molecule has 0 unspecified atom stereocenters. The average Bonchev–Trinajstić information content (AvgIpc) is 3.86. The van der Waals surface area contributed by atoms with Gasteiger partial charge in [-0.3, -0.25) is 0 Å². The van der Waals surface area contributed by atoms with Crippen molar-refractivity contribution in [1.29, 1.82) is 0 Å². The fourth-order valence-corrected chi connectivity index (χ4v) is 10.8. The minimum absolute atomic E-state index is 0.650. The molecule has 0 aliphatic heterocycles. The normalized spacial score (nSPS) is 13.2. The third kappa shape index (κ3) is 6.17. The lowest BCUT2D eigenvalue weighted by molar-refractivity contribution is 0.773. The number of terminal acetylenes is 1. The van der Waals surface area contributed by atoms with Crippen LogP contribution in [-0.2, 0) is 5.41 Å². The van der Waals surface area contributed by atoms with E-state index in [1.807, 2.05) is 11.3 Å². The molecule has 0 spiro atoms. The number of thiophene rings is 1. The summed E-state index contributed by atoms with van der Waals surface area (Å²) in [6, 6.07) is 76.8. The first-order valence-electron chi connectivity index (χ1n) is 21.1. The number of nitrogens with zero attached hydrogens (tertiary/aromatic N) is 1. The minimum atomic E-state index is -0.650. The van der Waals surface area contributed by atoms with E-state index in [1.165, 1.54) is 75.5 Å². The molecule has 62 heavy (non-hydrogen) atoms. The largest absolute Gasteiger partial charge is 0.315 e. The zero-order chi connectivity index (χ0) is 41.6. The molecule has 0 fully saturated rings. The highest BCUT2D eigenvalue weighted by atomic mass is 32.1. The monoisotopic (exact) mass is 807 g/mol. The lowest BCUT2D eigenvalue weighted by Gasteiger charge is -2.33. The van der Waals surface area contributed by atoms with E-state index in [0.29, 0.717) is 0 Å². The first-order valence-corrected chi connectivity index (χ1v) is 21.9. The lowest BCUT2D eigenvalue weighted by Crippen LogP contribution is -2.29. The summed E-state index contributed by atoms with van der Waals surface area (Å²) in [5, 5.41) is 5.08. The maximum atomic E-state index is 6.65. The summed E-state index contributed by atoms with van der Waals surface area (Å²) in [6.45, 7) is 2.18. The van der Waals surface area contributed by atoms with E-state index in [4.69, 9.17) is 6.42 Å². The van der Waals surface area contributed by atoms with Gasteiger partial charge in [-0.25, -0.2) is 0 Å². The number of allylic oxidation sites excluding steroid dienone is 4. The quantitative estimate of drug-likeness (QED) is 0.109. The van der Waals surface area contributed by atoms with E-state index >= 15 is 0 Å². The second-order valence-corrected chi connectivity index (χ2v) is 17.1. The van der Waals surface area contributed by atoms with E-state index in [1.54, 1.807) is 0 Å². The van der Waals surface area contributed by atoms with E-state index in [0.717, 1.165) is 28.2 Å². The predicted molar refractivity (Wildman–Crippen MR) is 265 cm³/mol. The maximum Gasteiger partial charge on any atom is 0.0792 e. The molecule has 1 aromatic heterocycles. The Kier molecular flexibility index (Phi) is 9.27. The molecule has 10 aromatic rings. The Balaban J connectivity index is 1.03. The Morgan fingerprint density at radius 3 is 1.69 bits per heavy atom. The molecule has 0 atom stereocenters. The van der Waals surface area contributed by atoms with E-state index in [-0.39, 0.29) is 0 Å². The van der Waals surface area contributed by atoms with Crippen molar-refractivity contribution >= 4 is 53.7 Å². The van der Waals surface area contributed by atoms with Crippen LogP contribution in [0, 0.1) is 12.3 Å². The number of hydrogen-bond donors (Lipinski definition) is 0. The van der Waals surface area contributed by atoms with Gasteiger partial charge in [-0.2, -0.15) is 0 Å². The van der Waals surface area contributed by atoms with Crippen LogP contribution in [0.2, 0.25) is 0 Å². The van der Waals surface area contributed by atoms with Gasteiger partial charge in [0.05, 0.1) is 5.41 Å². The molecule has 0 saturated heterocycles. The van der Waals surface area contributed by atoms with Gasteiger partial charge in [0.15, 0.2) is 0 Å². The standard InChI is InChI=1S/C60H41NS/c1-3-48(60(49-17-5-4-6-18-49)56-22-12-9-19-52(56)53-20-10-13-23-57(53)60)33-25-41(2)61(50-34-28-43(29-35-50)46-27-26-42-15-7-8-16-45(42)39-46)51-36-30-44(31-37-51)47-32-38-59-55(40-47)54-21-11-14-24-58(54)62-59/h1,4-40H,2H3/b41-25+,48-33+. The molecule has 11 rings (SSSR count). The van der Waals surface area contributed by atoms with Gasteiger partial charge in [-0.15, -0.1) is 17.8 Å². The summed E-state index contributed by atoms with van der Waals surface area (Å²) in [5.74, 6) is 3.22. The molecule has 1 heterocycles. The smallest absolute Gasteiger partial charge is 0.0792 e. The SMILES string of the molecule is C#C/C(=C\C=C(/C)N(c1ccc(-c2ccc3ccccc3c2)cc1)c1ccc(-c2ccc3sc4ccccc4c3c2)cc1)C1(c2ccccc2)c2ccccc2-c2ccccc21. The summed E-state index contributed by atoms with van der Waals surface area (Å²) in [5.41, 5.74) is 14.1. The highest BCUT2D eigenvalue weighted by molar-refractivity contribution is 7.25. The summed E-state index contributed by atoms with van der Waals surface area (Å²) >= 11 is 1.85. The summed E-state index contributed by atoms with van der Waals surface area (Å²) in [7, 11) is 0. The van der Waals surface area contributed by atoms with Crippen LogP contribution in [0.5, 0.6) is 0 Å². The van der Waals surface area contributed by atoms with Crippen LogP contribution in [0.15, 0.2) is 236 Å². The Morgan fingerprint density at radius 1 is 0.484 bits per heavy atom. The molecule has 0 amide bonds. The van der Waals surface area contributed by atoms with Crippen molar-refractivity contribution in [3.63, 3.8) is 0 Å². The minimum Gasteiger partial charge on any atom is -0.315 e. The molecular weight excluding hydrogens is 767 g/mol. The number of fused-ring (bicyclic) bond motifs is 7. The Morgan fingerprint density at radius 2 is 1.02 bits per heavy atom. The number of benzene rings is 9. The summed E-state index contributed by atoms with van der Waals surface area (Å²) < 4.78 is 2.63. The van der Waals surface area contributed by atoms with E-state index in [9.17, 15) is 0 Å². The lowest BCUT2D eigenvalue weighted by atomic mass is 9.67. The Hall–Kier alpha value is -7.70. The zero-order valence-corrected chi connectivity index (χ0v) is 35.1. The van der Waals surface area contributed by atoms with Crippen molar-refractivity contribution in [2.45, 2.75) is 12.3 Å². The van der Waals surface area contributed by atoms with Crippen LogP contribution >= 0.6 is 11.3 Å². The number of hydrogen-bond acceptors (Lipinski definition) is 2. The van der Waals surface area contributed by atoms with Crippen LogP contribution in [0.4, 0.5) is 11.4 Å². The van der Waals surface area contributed by atoms with Gasteiger partial charge in [-0.05, 0) is 128 Å². The van der Waals surface area contributed by atoms with Gasteiger partial charge >= 0.3 is 0 Å². The molecule has 1 aliphatic carbocycles. The van der Waals surface area contributed by atoms with Crippen LogP contribution in [0.3, 0.4) is 0 Å².